The Kier molecular flexibility index (Phi) is 8.83. The number of hydrogen-bond donors (Lipinski definition) is 2. The summed E-state index contributed by atoms with van der Waals surface area (Å²) < 4.78 is 32.5. The molecule has 2 rings (SSSR count). The molecule has 2 aromatic carbocycles. The zero-order valence-corrected chi connectivity index (χ0v) is 18.4. The molecule has 7 nitrogen and oxygen atoms in total. The SMILES string of the molecule is CCCC[C@H](NS(=O)(=O)c1ccc(Cl)cc1)C(=O)Nc1ccc(CC(=O)OC)cc1. The van der Waals surface area contributed by atoms with E-state index in [1.165, 1.54) is 31.4 Å². The summed E-state index contributed by atoms with van der Waals surface area (Å²) in [6, 6.07) is 11.5. The summed E-state index contributed by atoms with van der Waals surface area (Å²) in [6.07, 6.45) is 1.98. The summed E-state index contributed by atoms with van der Waals surface area (Å²) in [5.41, 5.74) is 1.24. The van der Waals surface area contributed by atoms with Crippen LogP contribution in [-0.2, 0) is 30.8 Å². The van der Waals surface area contributed by atoms with Gasteiger partial charge in [0.1, 0.15) is 6.04 Å². The molecular weight excluding hydrogens is 428 g/mol. The number of anilines is 1. The van der Waals surface area contributed by atoms with Gasteiger partial charge in [-0.1, -0.05) is 43.5 Å². The Bertz CT molecular complexity index is 960. The first-order chi connectivity index (χ1) is 14.2. The molecule has 0 unspecified atom stereocenters. The fourth-order valence-electron chi connectivity index (χ4n) is 2.70. The van der Waals surface area contributed by atoms with E-state index in [4.69, 9.17) is 11.6 Å². The average molecular weight is 453 g/mol. The van der Waals surface area contributed by atoms with E-state index in [9.17, 15) is 18.0 Å². The first-order valence-electron chi connectivity index (χ1n) is 9.49. The van der Waals surface area contributed by atoms with E-state index < -0.39 is 22.0 Å². The molecule has 2 N–H and O–H groups in total. The molecule has 0 fully saturated rings. The van der Waals surface area contributed by atoms with Crippen LogP contribution in [0.4, 0.5) is 5.69 Å². The number of halogens is 1. The molecule has 9 heteroatoms. The van der Waals surface area contributed by atoms with E-state index in [0.717, 1.165) is 12.0 Å². The quantitative estimate of drug-likeness (QED) is 0.537. The van der Waals surface area contributed by atoms with Crippen LogP contribution in [0, 0.1) is 0 Å². The monoisotopic (exact) mass is 452 g/mol. The van der Waals surface area contributed by atoms with Crippen LogP contribution < -0.4 is 10.0 Å². The number of methoxy groups -OCH3 is 1. The van der Waals surface area contributed by atoms with E-state index in [0.29, 0.717) is 23.6 Å². The van der Waals surface area contributed by atoms with Gasteiger partial charge in [-0.2, -0.15) is 4.72 Å². The molecule has 0 aliphatic heterocycles. The molecule has 0 bridgehead atoms. The second-order valence-corrected chi connectivity index (χ2v) is 8.86. The van der Waals surface area contributed by atoms with E-state index in [2.05, 4.69) is 14.8 Å². The van der Waals surface area contributed by atoms with Crippen LogP contribution in [0.5, 0.6) is 0 Å². The van der Waals surface area contributed by atoms with E-state index >= 15 is 0 Å². The number of hydrogen-bond acceptors (Lipinski definition) is 5. The smallest absolute Gasteiger partial charge is 0.309 e. The maximum absolute atomic E-state index is 12.8. The van der Waals surface area contributed by atoms with E-state index in [-0.39, 0.29) is 17.3 Å². The minimum absolute atomic E-state index is 0.0355. The number of carbonyl (C=O) groups is 2. The molecule has 1 atom stereocenters. The molecule has 0 aliphatic carbocycles. The predicted octanol–water partition coefficient (Wildman–Crippen LogP) is 3.53. The summed E-state index contributed by atoms with van der Waals surface area (Å²) in [5.74, 6) is -0.815. The van der Waals surface area contributed by atoms with Crippen LogP contribution in [0.15, 0.2) is 53.4 Å². The van der Waals surface area contributed by atoms with Gasteiger partial charge < -0.3 is 10.1 Å². The van der Waals surface area contributed by atoms with Crippen molar-refractivity contribution in [2.75, 3.05) is 12.4 Å². The molecule has 1 amide bonds. The largest absolute Gasteiger partial charge is 0.469 e. The van der Waals surface area contributed by atoms with E-state index in [1.807, 2.05) is 6.92 Å². The maximum atomic E-state index is 12.8. The van der Waals surface area contributed by atoms with Gasteiger partial charge in [0.05, 0.1) is 18.4 Å². The van der Waals surface area contributed by atoms with Gasteiger partial charge in [-0.05, 0) is 48.4 Å². The molecular formula is C21H25ClN2O5S. The van der Waals surface area contributed by atoms with Crippen LogP contribution >= 0.6 is 11.6 Å². The first kappa shape index (κ1) is 23.9. The Morgan fingerprint density at radius 2 is 1.70 bits per heavy atom. The molecule has 0 saturated carbocycles. The average Bonchev–Trinajstić information content (AvgIpc) is 2.72. The molecule has 0 heterocycles. The maximum Gasteiger partial charge on any atom is 0.309 e. The Morgan fingerprint density at radius 1 is 1.07 bits per heavy atom. The van der Waals surface area contributed by atoms with Crippen molar-refractivity contribution in [3.8, 4) is 0 Å². The second kappa shape index (κ2) is 11.1. The molecule has 0 aromatic heterocycles. The number of nitrogens with one attached hydrogen (secondary N) is 2. The lowest BCUT2D eigenvalue weighted by Crippen LogP contribution is -2.43. The minimum atomic E-state index is -3.89. The number of esters is 1. The zero-order chi connectivity index (χ0) is 22.1. The number of amides is 1. The first-order valence-corrected chi connectivity index (χ1v) is 11.4. The number of benzene rings is 2. The minimum Gasteiger partial charge on any atom is -0.469 e. The predicted molar refractivity (Wildman–Crippen MR) is 116 cm³/mol. The Labute approximate surface area is 181 Å². The number of ether oxygens (including phenoxy) is 1. The van der Waals surface area contributed by atoms with Crippen molar-refractivity contribution in [1.82, 2.24) is 4.72 Å². The van der Waals surface area contributed by atoms with Crippen molar-refractivity contribution >= 4 is 39.2 Å². The standard InChI is InChI=1S/C21H25ClN2O5S/c1-3-4-5-19(24-30(27,28)18-12-8-16(22)9-13-18)21(26)23-17-10-6-15(7-11-17)14-20(25)29-2/h6-13,19,24H,3-5,14H2,1-2H3,(H,23,26)/t19-/m0/s1. The van der Waals surface area contributed by atoms with Crippen molar-refractivity contribution in [3.63, 3.8) is 0 Å². The summed E-state index contributed by atoms with van der Waals surface area (Å²) in [5, 5.41) is 3.15. The Morgan fingerprint density at radius 3 is 2.27 bits per heavy atom. The van der Waals surface area contributed by atoms with Gasteiger partial charge in [-0.25, -0.2) is 8.42 Å². The molecule has 30 heavy (non-hydrogen) atoms. The number of carbonyl (C=O) groups excluding carboxylic acids is 2. The molecule has 0 saturated heterocycles. The molecule has 162 valence electrons. The van der Waals surface area contributed by atoms with Gasteiger partial charge >= 0.3 is 5.97 Å². The second-order valence-electron chi connectivity index (χ2n) is 6.71. The highest BCUT2D eigenvalue weighted by Gasteiger charge is 2.25. The highest BCUT2D eigenvalue weighted by atomic mass is 35.5. The fourth-order valence-corrected chi connectivity index (χ4v) is 4.05. The number of sulfonamides is 1. The topological polar surface area (TPSA) is 102 Å². The molecule has 2 aromatic rings. The lowest BCUT2D eigenvalue weighted by Gasteiger charge is -2.18. The van der Waals surface area contributed by atoms with Crippen molar-refractivity contribution in [1.29, 1.82) is 0 Å². The summed E-state index contributed by atoms with van der Waals surface area (Å²) in [4.78, 5) is 24.1. The zero-order valence-electron chi connectivity index (χ0n) is 16.9. The molecule has 0 radical (unpaired) electrons. The van der Waals surface area contributed by atoms with Gasteiger partial charge in [0.25, 0.3) is 0 Å². The third kappa shape index (κ3) is 7.12. The van der Waals surface area contributed by atoms with Crippen molar-refractivity contribution < 1.29 is 22.7 Å². The normalized spacial score (nSPS) is 12.2. The summed E-state index contributed by atoms with van der Waals surface area (Å²) in [6.45, 7) is 1.96. The third-order valence-corrected chi connectivity index (χ3v) is 6.12. The van der Waals surface area contributed by atoms with Crippen molar-refractivity contribution in [3.05, 3.63) is 59.1 Å². The van der Waals surface area contributed by atoms with Gasteiger partial charge in [-0.3, -0.25) is 9.59 Å². The van der Waals surface area contributed by atoms with Crippen LogP contribution in [0.1, 0.15) is 31.7 Å². The Balaban J connectivity index is 2.11. The summed E-state index contributed by atoms with van der Waals surface area (Å²) >= 11 is 5.82. The van der Waals surface area contributed by atoms with Crippen LogP contribution in [0.25, 0.3) is 0 Å². The van der Waals surface area contributed by atoms with Crippen LogP contribution in [0.3, 0.4) is 0 Å². The van der Waals surface area contributed by atoms with Crippen LogP contribution in [0.2, 0.25) is 5.02 Å². The van der Waals surface area contributed by atoms with Gasteiger partial charge in [0, 0.05) is 10.7 Å². The van der Waals surface area contributed by atoms with Gasteiger partial charge in [0.15, 0.2) is 0 Å². The van der Waals surface area contributed by atoms with Crippen molar-refractivity contribution in [2.24, 2.45) is 0 Å². The van der Waals surface area contributed by atoms with Crippen LogP contribution in [-0.4, -0.2) is 33.4 Å². The Hall–Kier alpha value is -2.42. The number of rotatable bonds is 10. The summed E-state index contributed by atoms with van der Waals surface area (Å²) in [7, 11) is -2.57. The van der Waals surface area contributed by atoms with E-state index in [1.54, 1.807) is 24.3 Å². The third-order valence-electron chi connectivity index (χ3n) is 4.38. The van der Waals surface area contributed by atoms with Gasteiger partial charge in [0.2, 0.25) is 15.9 Å². The highest BCUT2D eigenvalue weighted by molar-refractivity contribution is 7.89. The highest BCUT2D eigenvalue weighted by Crippen LogP contribution is 2.17. The molecule has 0 spiro atoms. The van der Waals surface area contributed by atoms with Crippen molar-refractivity contribution in [2.45, 2.75) is 43.5 Å². The fraction of sp³-hybridized carbons (Fsp3) is 0.333. The lowest BCUT2D eigenvalue weighted by atomic mass is 10.1. The lowest BCUT2D eigenvalue weighted by molar-refractivity contribution is -0.139. The number of unbranched alkanes of at least 4 members (excludes halogenated alkanes) is 1. The van der Waals surface area contributed by atoms with Gasteiger partial charge in [-0.15, -0.1) is 0 Å². The molecule has 0 aliphatic rings.